The van der Waals surface area contributed by atoms with Crippen molar-refractivity contribution in [1.29, 1.82) is 0 Å². The lowest BCUT2D eigenvalue weighted by atomic mass is 10.1. The molecule has 0 aliphatic carbocycles. The predicted octanol–water partition coefficient (Wildman–Crippen LogP) is 4.95. The van der Waals surface area contributed by atoms with Gasteiger partial charge in [-0.2, -0.15) is 0 Å². The Morgan fingerprint density at radius 2 is 1.78 bits per heavy atom. The lowest BCUT2D eigenvalue weighted by molar-refractivity contribution is 0.0697. The Bertz CT molecular complexity index is 1110. The van der Waals surface area contributed by atoms with E-state index in [0.717, 1.165) is 35.4 Å². The number of aryl methyl sites for hydroxylation is 3. The van der Waals surface area contributed by atoms with Crippen LogP contribution in [0.15, 0.2) is 72.8 Å². The highest BCUT2D eigenvalue weighted by Gasteiger charge is 2.14. The SMILES string of the molecule is Cc1ccc(CCn2c(-c3cccc(C(=O)O)c3)nc3ccccc32)cc1. The standard InChI is InChI=1S/C23H20N2O2/c1-16-9-11-17(12-10-16)13-14-25-21-8-3-2-7-20(21)24-22(25)18-5-4-6-19(15-18)23(26)27/h2-12,15H,13-14H2,1H3,(H,26,27). The minimum atomic E-state index is -0.931. The summed E-state index contributed by atoms with van der Waals surface area (Å²) in [4.78, 5) is 16.1. The zero-order chi connectivity index (χ0) is 18.8. The highest BCUT2D eigenvalue weighted by molar-refractivity contribution is 5.89. The summed E-state index contributed by atoms with van der Waals surface area (Å²) in [5.41, 5.74) is 5.57. The third kappa shape index (κ3) is 3.47. The topological polar surface area (TPSA) is 55.1 Å². The monoisotopic (exact) mass is 356 g/mol. The summed E-state index contributed by atoms with van der Waals surface area (Å²) in [7, 11) is 0. The van der Waals surface area contributed by atoms with Crippen LogP contribution in [-0.4, -0.2) is 20.6 Å². The molecule has 0 bridgehead atoms. The summed E-state index contributed by atoms with van der Waals surface area (Å²) in [5, 5.41) is 9.31. The number of aromatic carboxylic acids is 1. The molecule has 4 nitrogen and oxygen atoms in total. The molecule has 0 amide bonds. The van der Waals surface area contributed by atoms with Gasteiger partial charge in [0.25, 0.3) is 0 Å². The normalized spacial score (nSPS) is 11.0. The van der Waals surface area contributed by atoms with Crippen molar-refractivity contribution >= 4 is 17.0 Å². The van der Waals surface area contributed by atoms with E-state index in [1.165, 1.54) is 11.1 Å². The Labute approximate surface area is 157 Å². The molecule has 1 aromatic heterocycles. The second kappa shape index (κ2) is 7.08. The Kier molecular flexibility index (Phi) is 4.47. The van der Waals surface area contributed by atoms with E-state index in [1.807, 2.05) is 24.3 Å². The van der Waals surface area contributed by atoms with Crippen molar-refractivity contribution in [2.24, 2.45) is 0 Å². The molecular weight excluding hydrogens is 336 g/mol. The molecule has 0 saturated carbocycles. The van der Waals surface area contributed by atoms with Gasteiger partial charge in [0, 0.05) is 12.1 Å². The van der Waals surface area contributed by atoms with E-state index >= 15 is 0 Å². The van der Waals surface area contributed by atoms with Crippen molar-refractivity contribution in [2.45, 2.75) is 19.9 Å². The van der Waals surface area contributed by atoms with E-state index in [4.69, 9.17) is 4.98 Å². The summed E-state index contributed by atoms with van der Waals surface area (Å²) < 4.78 is 2.18. The van der Waals surface area contributed by atoms with Crippen LogP contribution in [0.3, 0.4) is 0 Å². The summed E-state index contributed by atoms with van der Waals surface area (Å²) in [6.07, 6.45) is 0.881. The van der Waals surface area contributed by atoms with E-state index < -0.39 is 5.97 Å². The molecule has 3 aromatic carbocycles. The number of fused-ring (bicyclic) bond motifs is 1. The highest BCUT2D eigenvalue weighted by atomic mass is 16.4. The second-order valence-corrected chi connectivity index (χ2v) is 6.70. The number of para-hydroxylation sites is 2. The summed E-state index contributed by atoms with van der Waals surface area (Å²) in [5.74, 6) is -0.134. The molecule has 0 saturated heterocycles. The second-order valence-electron chi connectivity index (χ2n) is 6.70. The molecule has 4 rings (SSSR count). The number of aromatic nitrogens is 2. The molecule has 0 spiro atoms. The van der Waals surface area contributed by atoms with Crippen LogP contribution in [0, 0.1) is 6.92 Å². The average molecular weight is 356 g/mol. The van der Waals surface area contributed by atoms with Crippen LogP contribution in [0.4, 0.5) is 0 Å². The number of carboxylic acids is 1. The van der Waals surface area contributed by atoms with E-state index in [9.17, 15) is 9.90 Å². The van der Waals surface area contributed by atoms with Crippen molar-refractivity contribution in [3.8, 4) is 11.4 Å². The number of hydrogen-bond donors (Lipinski definition) is 1. The Hall–Kier alpha value is -3.40. The van der Waals surface area contributed by atoms with Gasteiger partial charge in [-0.15, -0.1) is 0 Å². The van der Waals surface area contributed by atoms with Crippen LogP contribution in [0.2, 0.25) is 0 Å². The molecule has 0 atom stereocenters. The lowest BCUT2D eigenvalue weighted by Gasteiger charge is -2.10. The molecule has 1 heterocycles. The van der Waals surface area contributed by atoms with Crippen LogP contribution in [0.1, 0.15) is 21.5 Å². The Balaban J connectivity index is 1.76. The minimum absolute atomic E-state index is 0.268. The van der Waals surface area contributed by atoms with Crippen molar-refractivity contribution in [3.05, 3.63) is 89.5 Å². The zero-order valence-electron chi connectivity index (χ0n) is 15.1. The third-order valence-electron chi connectivity index (χ3n) is 4.77. The smallest absolute Gasteiger partial charge is 0.335 e. The lowest BCUT2D eigenvalue weighted by Crippen LogP contribution is -2.04. The molecule has 0 aliphatic rings. The molecule has 27 heavy (non-hydrogen) atoms. The Morgan fingerprint density at radius 3 is 2.56 bits per heavy atom. The van der Waals surface area contributed by atoms with Crippen LogP contribution in [0.5, 0.6) is 0 Å². The first-order chi connectivity index (χ1) is 13.1. The molecule has 134 valence electrons. The molecule has 0 unspecified atom stereocenters. The Morgan fingerprint density at radius 1 is 1.00 bits per heavy atom. The fraction of sp³-hybridized carbons (Fsp3) is 0.130. The fourth-order valence-corrected chi connectivity index (χ4v) is 3.31. The minimum Gasteiger partial charge on any atom is -0.478 e. The van der Waals surface area contributed by atoms with E-state index in [-0.39, 0.29) is 5.56 Å². The predicted molar refractivity (Wildman–Crippen MR) is 107 cm³/mol. The van der Waals surface area contributed by atoms with Gasteiger partial charge >= 0.3 is 5.97 Å². The number of imidazole rings is 1. The maximum absolute atomic E-state index is 11.4. The van der Waals surface area contributed by atoms with E-state index in [2.05, 4.69) is 41.8 Å². The van der Waals surface area contributed by atoms with Crippen LogP contribution in [-0.2, 0) is 13.0 Å². The summed E-state index contributed by atoms with van der Waals surface area (Å²) in [6, 6.07) is 23.5. The van der Waals surface area contributed by atoms with Crippen molar-refractivity contribution in [1.82, 2.24) is 9.55 Å². The first kappa shape index (κ1) is 17.0. The number of rotatable bonds is 5. The zero-order valence-corrected chi connectivity index (χ0v) is 15.1. The van der Waals surface area contributed by atoms with Gasteiger partial charge in [0.05, 0.1) is 16.6 Å². The third-order valence-corrected chi connectivity index (χ3v) is 4.77. The van der Waals surface area contributed by atoms with Crippen molar-refractivity contribution in [2.75, 3.05) is 0 Å². The molecule has 0 radical (unpaired) electrons. The van der Waals surface area contributed by atoms with Gasteiger partial charge in [0.1, 0.15) is 5.82 Å². The van der Waals surface area contributed by atoms with Gasteiger partial charge in [-0.25, -0.2) is 9.78 Å². The van der Waals surface area contributed by atoms with Gasteiger partial charge in [0.15, 0.2) is 0 Å². The largest absolute Gasteiger partial charge is 0.478 e. The number of hydrogen-bond acceptors (Lipinski definition) is 2. The quantitative estimate of drug-likeness (QED) is 0.550. The average Bonchev–Trinajstić information content (AvgIpc) is 3.06. The van der Waals surface area contributed by atoms with Gasteiger partial charge in [0.2, 0.25) is 0 Å². The maximum Gasteiger partial charge on any atom is 0.335 e. The van der Waals surface area contributed by atoms with Gasteiger partial charge in [-0.05, 0) is 43.2 Å². The summed E-state index contributed by atoms with van der Waals surface area (Å²) in [6.45, 7) is 2.86. The van der Waals surface area contributed by atoms with Crippen molar-refractivity contribution < 1.29 is 9.90 Å². The fourth-order valence-electron chi connectivity index (χ4n) is 3.31. The van der Waals surface area contributed by atoms with Gasteiger partial charge in [-0.1, -0.05) is 54.1 Å². The molecule has 4 heteroatoms. The number of carbonyl (C=O) groups is 1. The molecular formula is C23H20N2O2. The number of nitrogens with zero attached hydrogens (tertiary/aromatic N) is 2. The summed E-state index contributed by atoms with van der Waals surface area (Å²) >= 11 is 0. The van der Waals surface area contributed by atoms with Crippen LogP contribution >= 0.6 is 0 Å². The van der Waals surface area contributed by atoms with Gasteiger partial charge < -0.3 is 9.67 Å². The molecule has 0 fully saturated rings. The first-order valence-corrected chi connectivity index (χ1v) is 8.96. The number of carboxylic acid groups (broad SMARTS) is 1. The van der Waals surface area contributed by atoms with Crippen LogP contribution < -0.4 is 0 Å². The van der Waals surface area contributed by atoms with E-state index in [1.54, 1.807) is 18.2 Å². The molecule has 0 aliphatic heterocycles. The maximum atomic E-state index is 11.4. The first-order valence-electron chi connectivity index (χ1n) is 8.96. The molecule has 4 aromatic rings. The number of benzene rings is 3. The van der Waals surface area contributed by atoms with Crippen molar-refractivity contribution in [3.63, 3.8) is 0 Å². The molecule has 1 N–H and O–H groups in total. The highest BCUT2D eigenvalue weighted by Crippen LogP contribution is 2.26. The van der Waals surface area contributed by atoms with Crippen LogP contribution in [0.25, 0.3) is 22.4 Å². The van der Waals surface area contributed by atoms with E-state index in [0.29, 0.717) is 0 Å². The van der Waals surface area contributed by atoms with Gasteiger partial charge in [-0.3, -0.25) is 0 Å².